The van der Waals surface area contributed by atoms with Gasteiger partial charge in [0.25, 0.3) is 0 Å². The average molecular weight is 504 g/mol. The Bertz CT molecular complexity index is 1340. The lowest BCUT2D eigenvalue weighted by atomic mass is 9.86. The first-order valence-electron chi connectivity index (χ1n) is 12.8. The van der Waals surface area contributed by atoms with E-state index in [0.717, 1.165) is 60.6 Å². The number of hydrogen-bond acceptors (Lipinski definition) is 5. The summed E-state index contributed by atoms with van der Waals surface area (Å²) in [5.41, 5.74) is 4.26. The molecule has 37 heavy (non-hydrogen) atoms. The van der Waals surface area contributed by atoms with Gasteiger partial charge in [-0.1, -0.05) is 30.3 Å². The van der Waals surface area contributed by atoms with Gasteiger partial charge < -0.3 is 29.2 Å². The average Bonchev–Trinajstić information content (AvgIpc) is 3.31. The summed E-state index contributed by atoms with van der Waals surface area (Å²) in [4.78, 5) is 47.9. The number of carbonyl (C=O) groups is 3. The molecule has 9 nitrogen and oxygen atoms in total. The maximum Gasteiger partial charge on any atom is 0.337 e. The summed E-state index contributed by atoms with van der Waals surface area (Å²) in [5, 5.41) is 1.07. The molecule has 1 aromatic heterocycles. The monoisotopic (exact) mass is 503 g/mol. The van der Waals surface area contributed by atoms with E-state index in [2.05, 4.69) is 11.1 Å². The van der Waals surface area contributed by atoms with Gasteiger partial charge in [-0.15, -0.1) is 0 Å². The standard InChI is InChI=1S/C28H30N4O5/c1-36-28(35)19-8-6-18(7-9-19)26-25-21(20-4-2-3-5-22(20)29-25)16-23-27(34)31(17-24(33)32(23)26)11-10-30-12-14-37-15-13-30/h2-9,23,26,29H,10-17H2,1H3/p+1/t23-,26-/m0/s1. The molecule has 4 heterocycles. The van der Waals surface area contributed by atoms with E-state index < -0.39 is 18.1 Å². The number of esters is 1. The number of ether oxygens (including phenoxy) is 2. The van der Waals surface area contributed by atoms with Crippen LogP contribution in [-0.4, -0.2) is 91.7 Å². The molecule has 3 aromatic rings. The number of para-hydroxylation sites is 1. The predicted octanol–water partition coefficient (Wildman–Crippen LogP) is 0.555. The Morgan fingerprint density at radius 1 is 1.11 bits per heavy atom. The molecule has 0 bridgehead atoms. The van der Waals surface area contributed by atoms with E-state index in [1.807, 2.05) is 30.3 Å². The van der Waals surface area contributed by atoms with Crippen molar-refractivity contribution in [2.75, 3.05) is 53.0 Å². The molecule has 0 aliphatic carbocycles. The molecule has 2 saturated heterocycles. The van der Waals surface area contributed by atoms with E-state index >= 15 is 0 Å². The van der Waals surface area contributed by atoms with Crippen LogP contribution in [0.15, 0.2) is 48.5 Å². The van der Waals surface area contributed by atoms with Crippen molar-refractivity contribution in [3.05, 3.63) is 70.9 Å². The highest BCUT2D eigenvalue weighted by atomic mass is 16.5. The summed E-state index contributed by atoms with van der Waals surface area (Å²) in [7, 11) is 1.35. The number of fused-ring (bicyclic) bond motifs is 4. The molecular weight excluding hydrogens is 472 g/mol. The number of hydrogen-bond donors (Lipinski definition) is 2. The third-order valence-electron chi connectivity index (χ3n) is 7.93. The van der Waals surface area contributed by atoms with Gasteiger partial charge in [-0.05, 0) is 29.3 Å². The molecule has 3 aliphatic heterocycles. The van der Waals surface area contributed by atoms with Crippen molar-refractivity contribution in [1.29, 1.82) is 0 Å². The fourth-order valence-electron chi connectivity index (χ4n) is 5.98. The van der Waals surface area contributed by atoms with Crippen LogP contribution in [0.1, 0.15) is 33.2 Å². The summed E-state index contributed by atoms with van der Waals surface area (Å²) in [6.45, 7) is 4.76. The van der Waals surface area contributed by atoms with E-state index in [9.17, 15) is 14.4 Å². The maximum absolute atomic E-state index is 13.8. The van der Waals surface area contributed by atoms with Crippen molar-refractivity contribution in [1.82, 2.24) is 14.8 Å². The third kappa shape index (κ3) is 4.18. The Labute approximate surface area is 214 Å². The van der Waals surface area contributed by atoms with E-state index in [4.69, 9.17) is 9.47 Å². The molecule has 2 atom stereocenters. The number of amides is 2. The van der Waals surface area contributed by atoms with Crippen LogP contribution >= 0.6 is 0 Å². The molecule has 0 unspecified atom stereocenters. The first kappa shape index (κ1) is 23.7. The number of piperazine rings is 1. The minimum atomic E-state index is -0.571. The summed E-state index contributed by atoms with van der Waals surface area (Å²) in [6.07, 6.45) is 0.474. The van der Waals surface area contributed by atoms with Crippen molar-refractivity contribution in [3.63, 3.8) is 0 Å². The van der Waals surface area contributed by atoms with E-state index in [1.165, 1.54) is 12.0 Å². The number of carbonyl (C=O) groups excluding carboxylic acids is 3. The minimum absolute atomic E-state index is 0.000582. The first-order valence-corrected chi connectivity index (χ1v) is 12.8. The molecule has 0 spiro atoms. The Morgan fingerprint density at radius 2 is 1.86 bits per heavy atom. The van der Waals surface area contributed by atoms with Gasteiger partial charge in [0.2, 0.25) is 11.8 Å². The minimum Gasteiger partial charge on any atom is -0.465 e. The molecule has 2 amide bonds. The SMILES string of the molecule is COC(=O)c1ccc([C@H]2c3[nH]c4ccccc4c3C[C@H]3C(=O)N(CC[NH+]4CCOCC4)CC(=O)N23)cc1. The van der Waals surface area contributed by atoms with Gasteiger partial charge in [-0.3, -0.25) is 9.59 Å². The summed E-state index contributed by atoms with van der Waals surface area (Å²) >= 11 is 0. The van der Waals surface area contributed by atoms with Gasteiger partial charge in [0.15, 0.2) is 0 Å². The van der Waals surface area contributed by atoms with Gasteiger partial charge in [-0.25, -0.2) is 4.79 Å². The second-order valence-electron chi connectivity index (χ2n) is 9.97. The molecule has 0 saturated carbocycles. The number of nitrogens with one attached hydrogen (secondary N) is 2. The van der Waals surface area contributed by atoms with Crippen LogP contribution in [-0.2, 0) is 25.5 Å². The van der Waals surface area contributed by atoms with Crippen LogP contribution in [0.2, 0.25) is 0 Å². The highest BCUT2D eigenvalue weighted by Gasteiger charge is 2.48. The number of morpholine rings is 1. The molecule has 192 valence electrons. The van der Waals surface area contributed by atoms with Gasteiger partial charge in [0.1, 0.15) is 25.7 Å². The van der Waals surface area contributed by atoms with Gasteiger partial charge in [-0.2, -0.15) is 0 Å². The van der Waals surface area contributed by atoms with Crippen molar-refractivity contribution >= 4 is 28.7 Å². The highest BCUT2D eigenvalue weighted by molar-refractivity contribution is 5.97. The Balaban J connectivity index is 1.36. The fourth-order valence-corrected chi connectivity index (χ4v) is 5.98. The predicted molar refractivity (Wildman–Crippen MR) is 135 cm³/mol. The largest absolute Gasteiger partial charge is 0.465 e. The first-order chi connectivity index (χ1) is 18.0. The van der Waals surface area contributed by atoms with Crippen LogP contribution in [0.3, 0.4) is 0 Å². The van der Waals surface area contributed by atoms with Gasteiger partial charge >= 0.3 is 5.97 Å². The quantitative estimate of drug-likeness (QED) is 0.496. The smallest absolute Gasteiger partial charge is 0.337 e. The van der Waals surface area contributed by atoms with Crippen molar-refractivity contribution in [2.24, 2.45) is 0 Å². The number of methoxy groups -OCH3 is 1. The molecular formula is C28H31N4O5+. The zero-order valence-electron chi connectivity index (χ0n) is 20.9. The molecule has 2 aromatic carbocycles. The summed E-state index contributed by atoms with van der Waals surface area (Å²) in [5.74, 6) is -0.478. The molecule has 3 aliphatic rings. The normalized spacial score (nSPS) is 22.2. The van der Waals surface area contributed by atoms with Crippen LogP contribution in [0, 0.1) is 0 Å². The van der Waals surface area contributed by atoms with Crippen LogP contribution in [0.4, 0.5) is 0 Å². The fraction of sp³-hybridized carbons (Fsp3) is 0.393. The molecule has 9 heteroatoms. The van der Waals surface area contributed by atoms with Crippen molar-refractivity contribution in [3.8, 4) is 0 Å². The maximum atomic E-state index is 13.8. The highest BCUT2D eigenvalue weighted by Crippen LogP contribution is 2.42. The second kappa shape index (κ2) is 9.64. The molecule has 2 N–H and O–H groups in total. The number of H-pyrrole nitrogens is 1. The number of quaternary nitrogens is 1. The summed E-state index contributed by atoms with van der Waals surface area (Å²) < 4.78 is 10.3. The van der Waals surface area contributed by atoms with E-state index in [1.54, 1.807) is 21.9 Å². The van der Waals surface area contributed by atoms with Crippen LogP contribution in [0.25, 0.3) is 10.9 Å². The number of benzene rings is 2. The van der Waals surface area contributed by atoms with Crippen LogP contribution in [0.5, 0.6) is 0 Å². The number of aromatic amines is 1. The number of aromatic nitrogens is 1. The summed E-state index contributed by atoms with van der Waals surface area (Å²) in [6, 6.07) is 14.1. The Morgan fingerprint density at radius 3 is 2.62 bits per heavy atom. The number of nitrogens with zero attached hydrogens (tertiary/aromatic N) is 2. The lowest BCUT2D eigenvalue weighted by Gasteiger charge is -2.47. The van der Waals surface area contributed by atoms with Gasteiger partial charge in [0, 0.05) is 23.0 Å². The van der Waals surface area contributed by atoms with E-state index in [-0.39, 0.29) is 18.4 Å². The third-order valence-corrected chi connectivity index (χ3v) is 7.93. The Kier molecular flexibility index (Phi) is 6.18. The Hall–Kier alpha value is -3.69. The van der Waals surface area contributed by atoms with Gasteiger partial charge in [0.05, 0.1) is 45.0 Å². The topological polar surface area (TPSA) is 96.4 Å². The van der Waals surface area contributed by atoms with E-state index in [0.29, 0.717) is 18.5 Å². The lowest BCUT2D eigenvalue weighted by Crippen LogP contribution is -3.14. The molecule has 6 rings (SSSR count). The van der Waals surface area contributed by atoms with Crippen LogP contribution < -0.4 is 4.90 Å². The van der Waals surface area contributed by atoms with Crippen molar-refractivity contribution < 1.29 is 28.8 Å². The second-order valence-corrected chi connectivity index (χ2v) is 9.97. The number of rotatable bonds is 5. The van der Waals surface area contributed by atoms with Crippen molar-refractivity contribution in [2.45, 2.75) is 18.5 Å². The zero-order chi connectivity index (χ0) is 25.5. The molecule has 2 fully saturated rings. The zero-order valence-corrected chi connectivity index (χ0v) is 20.9. The lowest BCUT2D eigenvalue weighted by molar-refractivity contribution is -0.907. The molecule has 0 radical (unpaired) electrons.